The lowest BCUT2D eigenvalue weighted by Gasteiger charge is -2.36. The molecule has 1 aromatic carbocycles. The molecule has 0 aliphatic carbocycles. The molecule has 1 aromatic heterocycles. The van der Waals surface area contributed by atoms with Gasteiger partial charge in [-0.2, -0.15) is 5.26 Å². The first-order valence-electron chi connectivity index (χ1n) is 12.0. The lowest BCUT2D eigenvalue weighted by molar-refractivity contribution is 0.0214. The molecule has 1 unspecified atom stereocenters. The Kier molecular flexibility index (Phi) is 6.36. The van der Waals surface area contributed by atoms with Gasteiger partial charge in [0.25, 0.3) is 0 Å². The predicted octanol–water partition coefficient (Wildman–Crippen LogP) is 4.01. The molecular formula is C24H27BrFN5O5S. The molecule has 198 valence electrons. The Morgan fingerprint density at radius 2 is 2.03 bits per heavy atom. The highest BCUT2D eigenvalue weighted by atomic mass is 79.9. The molecule has 10 nitrogen and oxygen atoms in total. The van der Waals surface area contributed by atoms with E-state index in [0.29, 0.717) is 36.0 Å². The van der Waals surface area contributed by atoms with Gasteiger partial charge in [0.2, 0.25) is 15.0 Å². The number of hydrogen-bond donors (Lipinski definition) is 0. The first-order chi connectivity index (χ1) is 17.4. The van der Waals surface area contributed by atoms with Crippen LogP contribution in [0.25, 0.3) is 10.9 Å². The summed E-state index contributed by atoms with van der Waals surface area (Å²) in [5.74, 6) is -0.667. The highest BCUT2D eigenvalue weighted by Crippen LogP contribution is 2.47. The molecule has 3 aliphatic heterocycles. The second-order valence-electron chi connectivity index (χ2n) is 10.5. The number of anilines is 1. The van der Waals surface area contributed by atoms with E-state index < -0.39 is 38.6 Å². The van der Waals surface area contributed by atoms with E-state index in [1.807, 2.05) is 4.90 Å². The molecule has 2 fully saturated rings. The third kappa shape index (κ3) is 4.32. The summed E-state index contributed by atoms with van der Waals surface area (Å²) in [5, 5.41) is 9.27. The molecule has 2 aromatic rings. The van der Waals surface area contributed by atoms with Crippen molar-refractivity contribution in [3.63, 3.8) is 0 Å². The normalized spacial score (nSPS) is 23.0. The zero-order valence-corrected chi connectivity index (χ0v) is 23.3. The summed E-state index contributed by atoms with van der Waals surface area (Å²) in [5.41, 5.74) is 0.377. The number of sulfone groups is 1. The Balaban J connectivity index is 1.66. The molecule has 1 amide bonds. The maximum atomic E-state index is 15.7. The van der Waals surface area contributed by atoms with Gasteiger partial charge in [0.05, 0.1) is 52.9 Å². The van der Waals surface area contributed by atoms with E-state index >= 15 is 4.39 Å². The minimum Gasteiger partial charge on any atom is -0.444 e. The number of nitriles is 1. The second kappa shape index (κ2) is 9.03. The van der Waals surface area contributed by atoms with Crippen molar-refractivity contribution >= 4 is 48.6 Å². The Morgan fingerprint density at radius 1 is 1.30 bits per heavy atom. The number of halogens is 2. The van der Waals surface area contributed by atoms with Gasteiger partial charge in [0.15, 0.2) is 5.82 Å². The minimum absolute atomic E-state index is 0.0348. The molecule has 0 radical (unpaired) electrons. The van der Waals surface area contributed by atoms with Gasteiger partial charge >= 0.3 is 6.09 Å². The summed E-state index contributed by atoms with van der Waals surface area (Å²) >= 11 is 3.29. The Bertz CT molecular complexity index is 1450. The van der Waals surface area contributed by atoms with Crippen LogP contribution in [0.15, 0.2) is 9.63 Å². The fraction of sp³-hybridized carbons (Fsp3) is 0.583. The van der Waals surface area contributed by atoms with Crippen LogP contribution in [0.1, 0.15) is 57.8 Å². The second-order valence-corrected chi connectivity index (χ2v) is 13.4. The zero-order valence-electron chi connectivity index (χ0n) is 20.9. The van der Waals surface area contributed by atoms with Crippen molar-refractivity contribution in [1.82, 2.24) is 14.9 Å². The van der Waals surface area contributed by atoms with Gasteiger partial charge in [-0.25, -0.2) is 27.6 Å². The first-order valence-corrected chi connectivity index (χ1v) is 14.5. The molecule has 3 aliphatic rings. The van der Waals surface area contributed by atoms with E-state index in [1.54, 1.807) is 25.7 Å². The number of carbonyl (C=O) groups is 1. The molecule has 2 bridgehead atoms. The molecular weight excluding hydrogens is 569 g/mol. The van der Waals surface area contributed by atoms with Gasteiger partial charge in [0, 0.05) is 24.2 Å². The number of nitrogens with zero attached hydrogens (tertiary/aromatic N) is 5. The van der Waals surface area contributed by atoms with Crippen LogP contribution in [-0.4, -0.2) is 65.9 Å². The lowest BCUT2D eigenvalue weighted by Crippen LogP contribution is -2.50. The summed E-state index contributed by atoms with van der Waals surface area (Å²) in [6.07, 6.45) is -0.360. The van der Waals surface area contributed by atoms with Crippen LogP contribution in [0, 0.1) is 17.1 Å². The number of amides is 1. The van der Waals surface area contributed by atoms with Gasteiger partial charge in [-0.15, -0.1) is 0 Å². The van der Waals surface area contributed by atoms with Crippen molar-refractivity contribution < 1.29 is 27.1 Å². The van der Waals surface area contributed by atoms with E-state index in [2.05, 4.69) is 32.0 Å². The molecule has 37 heavy (non-hydrogen) atoms. The SMILES string of the molecule is CCS(=O)(=O)c1nc(N2C[C@H]3C[C@@H]2CN3C(=O)OC(C)(C)C)c2c3c(c(Br)c(F)c2n1)COC3CC#N. The topological polar surface area (TPSA) is 126 Å². The summed E-state index contributed by atoms with van der Waals surface area (Å²) in [4.78, 5) is 25.0. The summed E-state index contributed by atoms with van der Waals surface area (Å²) in [7, 11) is -3.87. The molecule has 0 N–H and O–H groups in total. The first kappa shape index (κ1) is 26.1. The van der Waals surface area contributed by atoms with E-state index in [9.17, 15) is 18.5 Å². The third-order valence-electron chi connectivity index (χ3n) is 6.96. The smallest absolute Gasteiger partial charge is 0.410 e. The van der Waals surface area contributed by atoms with Crippen molar-refractivity contribution in [2.45, 2.75) is 76.1 Å². The van der Waals surface area contributed by atoms with E-state index in [1.165, 1.54) is 6.92 Å². The molecule has 4 heterocycles. The van der Waals surface area contributed by atoms with Crippen LogP contribution in [-0.2, 0) is 25.9 Å². The Hall–Kier alpha value is -2.56. The number of rotatable bonds is 4. The van der Waals surface area contributed by atoms with E-state index in [0.717, 1.165) is 0 Å². The monoisotopic (exact) mass is 595 g/mol. The van der Waals surface area contributed by atoms with Crippen LogP contribution in [0.5, 0.6) is 0 Å². The third-order valence-corrected chi connectivity index (χ3v) is 9.28. The van der Waals surface area contributed by atoms with Gasteiger partial charge in [-0.05, 0) is 43.1 Å². The number of likely N-dealkylation sites (tertiary alicyclic amines) is 1. The number of piperazine rings is 1. The van der Waals surface area contributed by atoms with Crippen molar-refractivity contribution in [1.29, 1.82) is 5.26 Å². The number of carbonyl (C=O) groups excluding carboxylic acids is 1. The highest BCUT2D eigenvalue weighted by molar-refractivity contribution is 9.10. The van der Waals surface area contributed by atoms with E-state index in [-0.39, 0.29) is 46.7 Å². The fourth-order valence-corrected chi connectivity index (χ4v) is 6.53. The number of hydrogen-bond acceptors (Lipinski definition) is 9. The molecule has 0 spiro atoms. The molecule has 3 atom stereocenters. The van der Waals surface area contributed by atoms with Crippen molar-refractivity contribution in [2.24, 2.45) is 0 Å². The van der Waals surface area contributed by atoms with Gasteiger partial charge < -0.3 is 19.3 Å². The summed E-state index contributed by atoms with van der Waals surface area (Å²) in [6.45, 7) is 7.73. The lowest BCUT2D eigenvalue weighted by atomic mass is 9.97. The summed E-state index contributed by atoms with van der Waals surface area (Å²) < 4.78 is 52.8. The van der Waals surface area contributed by atoms with Crippen LogP contribution < -0.4 is 4.90 Å². The number of fused-ring (bicyclic) bond motifs is 5. The highest BCUT2D eigenvalue weighted by Gasteiger charge is 2.48. The maximum absolute atomic E-state index is 15.7. The van der Waals surface area contributed by atoms with Gasteiger partial charge in [-0.1, -0.05) is 6.92 Å². The number of aromatic nitrogens is 2. The van der Waals surface area contributed by atoms with Crippen molar-refractivity contribution in [3.8, 4) is 6.07 Å². The van der Waals surface area contributed by atoms with E-state index in [4.69, 9.17) is 9.47 Å². The number of ether oxygens (including phenoxy) is 2. The van der Waals surface area contributed by atoms with Crippen LogP contribution in [0.4, 0.5) is 15.0 Å². The predicted molar refractivity (Wildman–Crippen MR) is 135 cm³/mol. The molecule has 13 heteroatoms. The van der Waals surface area contributed by atoms with Crippen molar-refractivity contribution in [3.05, 3.63) is 21.4 Å². The maximum Gasteiger partial charge on any atom is 0.410 e. The van der Waals surface area contributed by atoms with Crippen LogP contribution in [0.3, 0.4) is 0 Å². The standard InChI is InChI=1S/C24H27BrFN5O5S/c1-5-37(33,34)22-28-20-17(16-14(18(25)19(20)26)11-35-15(16)6-7-27)21(29-22)30-9-13-8-12(30)10-31(13)23(32)36-24(2,3)4/h12-13,15H,5-6,8-11H2,1-4H3/t12-,13-,15?/m1/s1. The molecule has 0 saturated carbocycles. The fourth-order valence-electron chi connectivity index (χ4n) is 5.30. The van der Waals surface area contributed by atoms with Crippen LogP contribution in [0.2, 0.25) is 0 Å². The molecule has 5 rings (SSSR count). The largest absolute Gasteiger partial charge is 0.444 e. The van der Waals surface area contributed by atoms with Crippen molar-refractivity contribution in [2.75, 3.05) is 23.7 Å². The van der Waals surface area contributed by atoms with Gasteiger partial charge in [0.1, 0.15) is 16.9 Å². The average molecular weight is 596 g/mol. The molecule has 2 saturated heterocycles. The number of benzene rings is 1. The Morgan fingerprint density at radius 3 is 2.62 bits per heavy atom. The zero-order chi connectivity index (χ0) is 26.9. The van der Waals surface area contributed by atoms with Crippen LogP contribution >= 0.6 is 15.9 Å². The summed E-state index contributed by atoms with van der Waals surface area (Å²) in [6, 6.07) is 1.76. The minimum atomic E-state index is -3.87. The quantitative estimate of drug-likeness (QED) is 0.482. The Labute approximate surface area is 222 Å². The van der Waals surface area contributed by atoms with Gasteiger partial charge in [-0.3, -0.25) is 0 Å². The average Bonchev–Trinajstić information content (AvgIpc) is 3.55.